The van der Waals surface area contributed by atoms with Crippen molar-refractivity contribution in [3.8, 4) is 0 Å². The smallest absolute Gasteiger partial charge is 0.253 e. The maximum absolute atomic E-state index is 13.7. The number of aryl methyl sites for hydroxylation is 2. The van der Waals surface area contributed by atoms with E-state index in [4.69, 9.17) is 10.1 Å². The number of methoxy groups -OCH3 is 1. The molecule has 9 nitrogen and oxygen atoms in total. The first-order valence-electron chi connectivity index (χ1n) is 14.6. The second-order valence-electron chi connectivity index (χ2n) is 11.1. The Morgan fingerprint density at radius 2 is 1.88 bits per heavy atom. The van der Waals surface area contributed by atoms with Gasteiger partial charge < -0.3 is 30.7 Å². The lowest BCUT2D eigenvalue weighted by Crippen LogP contribution is -2.57. The van der Waals surface area contributed by atoms with Gasteiger partial charge in [0.15, 0.2) is 0 Å². The van der Waals surface area contributed by atoms with Crippen LogP contribution >= 0.6 is 0 Å². The molecule has 1 aromatic carbocycles. The number of aromatic nitrogens is 1. The summed E-state index contributed by atoms with van der Waals surface area (Å²) in [5.41, 5.74) is 6.14. The van der Waals surface area contributed by atoms with E-state index >= 15 is 0 Å². The first-order valence-corrected chi connectivity index (χ1v) is 14.6. The zero-order valence-corrected chi connectivity index (χ0v) is 24.9. The normalized spacial score (nSPS) is 19.6. The number of ether oxygens (including phenoxy) is 1. The summed E-state index contributed by atoms with van der Waals surface area (Å²) in [4.78, 5) is 34.0. The monoisotopic (exact) mass is 550 g/mol. The van der Waals surface area contributed by atoms with Gasteiger partial charge in [0.2, 0.25) is 0 Å². The van der Waals surface area contributed by atoms with Gasteiger partial charge in [0.1, 0.15) is 0 Å². The summed E-state index contributed by atoms with van der Waals surface area (Å²) in [5.74, 6) is -0.212. The Morgan fingerprint density at radius 3 is 2.42 bits per heavy atom. The maximum Gasteiger partial charge on any atom is 0.253 e. The molecule has 1 aliphatic carbocycles. The lowest BCUT2D eigenvalue weighted by Gasteiger charge is -2.47. The predicted molar refractivity (Wildman–Crippen MR) is 162 cm³/mol. The van der Waals surface area contributed by atoms with Crippen LogP contribution in [-0.4, -0.2) is 74.0 Å². The number of rotatable bonds is 11. The Hall–Kier alpha value is -3.17. The Bertz CT molecular complexity index is 1270. The fourth-order valence-corrected chi connectivity index (χ4v) is 6.58. The van der Waals surface area contributed by atoms with Crippen LogP contribution in [0, 0.1) is 19.3 Å². The van der Waals surface area contributed by atoms with Crippen molar-refractivity contribution in [2.45, 2.75) is 84.5 Å². The summed E-state index contributed by atoms with van der Waals surface area (Å²) in [5, 5.41) is 14.6. The van der Waals surface area contributed by atoms with Crippen LogP contribution in [0.15, 0.2) is 16.9 Å². The Balaban J connectivity index is 1.62. The average Bonchev–Trinajstić information content (AvgIpc) is 2.92. The van der Waals surface area contributed by atoms with Crippen molar-refractivity contribution in [2.24, 2.45) is 0 Å². The highest BCUT2D eigenvalue weighted by atomic mass is 16.5. The summed E-state index contributed by atoms with van der Waals surface area (Å²) in [7, 11) is 3.62. The van der Waals surface area contributed by atoms with Crippen LogP contribution in [0.3, 0.4) is 0 Å². The molecule has 1 saturated carbocycles. The van der Waals surface area contributed by atoms with Crippen molar-refractivity contribution >= 4 is 23.5 Å². The van der Waals surface area contributed by atoms with Crippen LogP contribution in [0.4, 0.5) is 11.4 Å². The molecule has 218 valence electrons. The molecular formula is C31H46N6O3. The number of benzene rings is 1. The van der Waals surface area contributed by atoms with Crippen molar-refractivity contribution in [1.82, 2.24) is 15.2 Å². The molecule has 0 radical (unpaired) electrons. The molecule has 0 spiro atoms. The van der Waals surface area contributed by atoms with Crippen LogP contribution in [0.2, 0.25) is 0 Å². The topological polar surface area (TPSA) is 114 Å². The minimum atomic E-state index is -0.212. The standard InChI is InChI=1S/C31H46N6O3/c1-7-24-25(30(38)34-16-27-19(3)13-20(4)35-31(27)39)14-28(33-5)26(15-32)29(24)37(8-2)22-11-9-21(10-12-22)36-17-23(18-36)40-6/h13-15,21-23,32-33H,7-12,16-18H2,1-6H3,(H,34,38)(H,35,39). The number of carbonyl (C=O) groups excluding carboxylic acids is 1. The quantitative estimate of drug-likeness (QED) is 0.315. The molecule has 0 bridgehead atoms. The number of hydrogen-bond acceptors (Lipinski definition) is 7. The van der Waals surface area contributed by atoms with Gasteiger partial charge in [0.25, 0.3) is 11.5 Å². The van der Waals surface area contributed by atoms with Gasteiger partial charge in [-0.3, -0.25) is 14.5 Å². The lowest BCUT2D eigenvalue weighted by atomic mass is 9.86. The van der Waals surface area contributed by atoms with Gasteiger partial charge in [0, 0.05) is 86.7 Å². The Labute approximate surface area is 238 Å². The third-order valence-electron chi connectivity index (χ3n) is 8.84. The van der Waals surface area contributed by atoms with E-state index in [1.807, 2.05) is 33.0 Å². The van der Waals surface area contributed by atoms with Crippen molar-refractivity contribution in [3.05, 3.63) is 56.0 Å². The number of pyridine rings is 1. The number of carbonyl (C=O) groups is 1. The highest BCUT2D eigenvalue weighted by Crippen LogP contribution is 2.38. The Kier molecular flexibility index (Phi) is 9.68. The summed E-state index contributed by atoms with van der Waals surface area (Å²) in [6.45, 7) is 11.0. The van der Waals surface area contributed by atoms with Crippen molar-refractivity contribution < 1.29 is 9.53 Å². The molecule has 4 rings (SSSR count). The van der Waals surface area contributed by atoms with Gasteiger partial charge in [-0.2, -0.15) is 0 Å². The van der Waals surface area contributed by atoms with Gasteiger partial charge in [-0.1, -0.05) is 6.92 Å². The van der Waals surface area contributed by atoms with Crippen molar-refractivity contribution in [1.29, 1.82) is 5.41 Å². The molecule has 0 unspecified atom stereocenters. The molecule has 40 heavy (non-hydrogen) atoms. The molecule has 1 aromatic heterocycles. The van der Waals surface area contributed by atoms with Gasteiger partial charge in [0.05, 0.1) is 11.8 Å². The fourth-order valence-electron chi connectivity index (χ4n) is 6.58. The third kappa shape index (κ3) is 5.95. The SMILES string of the molecule is CCc1c(C(=O)NCc2c(C)cc(C)[nH]c2=O)cc(NC)c(C=N)c1N(CC)C1CCC(N2CC(OC)C2)CC1. The fraction of sp³-hybridized carbons (Fsp3) is 0.581. The second-order valence-corrected chi connectivity index (χ2v) is 11.1. The van der Waals surface area contributed by atoms with E-state index in [0.717, 1.165) is 79.1 Å². The predicted octanol–water partition coefficient (Wildman–Crippen LogP) is 3.99. The van der Waals surface area contributed by atoms with E-state index in [2.05, 4.69) is 39.3 Å². The molecule has 1 aliphatic heterocycles. The van der Waals surface area contributed by atoms with E-state index in [1.54, 1.807) is 7.11 Å². The molecule has 9 heteroatoms. The summed E-state index contributed by atoms with van der Waals surface area (Å²) >= 11 is 0. The molecule has 0 atom stereocenters. The van der Waals surface area contributed by atoms with Crippen LogP contribution < -0.4 is 21.1 Å². The average molecular weight is 551 g/mol. The van der Waals surface area contributed by atoms with Crippen molar-refractivity contribution in [3.63, 3.8) is 0 Å². The summed E-state index contributed by atoms with van der Waals surface area (Å²) < 4.78 is 5.48. The first-order chi connectivity index (χ1) is 19.3. The number of hydrogen-bond donors (Lipinski definition) is 4. The lowest BCUT2D eigenvalue weighted by molar-refractivity contribution is -0.0578. The third-order valence-corrected chi connectivity index (χ3v) is 8.84. The summed E-state index contributed by atoms with van der Waals surface area (Å²) in [6.07, 6.45) is 6.88. The van der Waals surface area contributed by atoms with Crippen LogP contribution in [0.25, 0.3) is 0 Å². The number of H-pyrrole nitrogens is 1. The number of nitrogens with one attached hydrogen (secondary N) is 4. The number of anilines is 2. The summed E-state index contributed by atoms with van der Waals surface area (Å²) in [6, 6.07) is 4.72. The number of nitrogens with zero attached hydrogens (tertiary/aromatic N) is 2. The van der Waals surface area contributed by atoms with Crippen LogP contribution in [0.1, 0.15) is 77.8 Å². The van der Waals surface area contributed by atoms with Crippen molar-refractivity contribution in [2.75, 3.05) is 44.0 Å². The highest BCUT2D eigenvalue weighted by Gasteiger charge is 2.36. The van der Waals surface area contributed by atoms with Gasteiger partial charge in [-0.25, -0.2) is 0 Å². The number of likely N-dealkylation sites (tertiary alicyclic amines) is 1. The van der Waals surface area contributed by atoms with E-state index in [-0.39, 0.29) is 18.0 Å². The number of aromatic amines is 1. The minimum Gasteiger partial charge on any atom is -0.388 e. The molecule has 2 heterocycles. The minimum absolute atomic E-state index is 0.155. The second kappa shape index (κ2) is 13.0. The zero-order chi connectivity index (χ0) is 29.0. The zero-order valence-electron chi connectivity index (χ0n) is 24.9. The molecular weight excluding hydrogens is 504 g/mol. The van der Waals surface area contributed by atoms with E-state index < -0.39 is 0 Å². The molecule has 4 N–H and O–H groups in total. The molecule has 2 aromatic rings. The van der Waals surface area contributed by atoms with E-state index in [9.17, 15) is 9.59 Å². The largest absolute Gasteiger partial charge is 0.388 e. The maximum atomic E-state index is 13.7. The number of amides is 1. The van der Waals surface area contributed by atoms with E-state index in [0.29, 0.717) is 35.7 Å². The van der Waals surface area contributed by atoms with Gasteiger partial charge in [-0.05, 0) is 76.1 Å². The molecule has 1 amide bonds. The van der Waals surface area contributed by atoms with Gasteiger partial charge >= 0.3 is 0 Å². The molecule has 1 saturated heterocycles. The van der Waals surface area contributed by atoms with E-state index in [1.165, 1.54) is 6.21 Å². The highest BCUT2D eigenvalue weighted by molar-refractivity contribution is 6.04. The molecule has 2 fully saturated rings. The Morgan fingerprint density at radius 1 is 1.18 bits per heavy atom. The first kappa shape index (κ1) is 29.8. The molecule has 2 aliphatic rings. The van der Waals surface area contributed by atoms with Crippen LogP contribution in [0.5, 0.6) is 0 Å². The van der Waals surface area contributed by atoms with Crippen LogP contribution in [-0.2, 0) is 17.7 Å². The van der Waals surface area contributed by atoms with Gasteiger partial charge in [-0.15, -0.1) is 0 Å².